The maximum absolute atomic E-state index is 10.3. The van der Waals surface area contributed by atoms with Gasteiger partial charge < -0.3 is 0 Å². The summed E-state index contributed by atoms with van der Waals surface area (Å²) in [5.41, 5.74) is 0. The quantitative estimate of drug-likeness (QED) is 0.419. The Kier molecular flexibility index (Phi) is 3.57. The van der Waals surface area contributed by atoms with Crippen molar-refractivity contribution in [2.24, 2.45) is 0 Å². The Morgan fingerprint density at radius 2 is 2.12 bits per heavy atom. The summed E-state index contributed by atoms with van der Waals surface area (Å²) in [5, 5.41) is 0. The predicted octanol–water partition coefficient (Wildman–Crippen LogP) is -0.116. The average Bonchev–Trinajstić information content (AvgIpc) is 1.65. The van der Waals surface area contributed by atoms with E-state index in [2.05, 4.69) is 15.6 Å². The number of Topliss-reactive ketones (excluding diaryl/α,β-unsaturated/α-hetero) is 2. The molecule has 0 atom stereocenters. The van der Waals surface area contributed by atoms with Gasteiger partial charge in [0.25, 0.3) is 0 Å². The van der Waals surface area contributed by atoms with Gasteiger partial charge in [0.05, 0.1) is 0 Å². The molecular weight excluding hydrogens is 148 g/mol. The van der Waals surface area contributed by atoms with Crippen LogP contribution in [0.25, 0.3) is 0 Å². The van der Waals surface area contributed by atoms with Crippen LogP contribution >= 0.6 is 0 Å². The van der Waals surface area contributed by atoms with Crippen molar-refractivity contribution < 1.29 is 25.2 Å². The first kappa shape index (κ1) is 7.73. The summed E-state index contributed by atoms with van der Waals surface area (Å²) >= 11 is 3.21. The number of carbonyl (C=O) groups excluding carboxylic acids is 2. The average molecular weight is 154 g/mol. The van der Waals surface area contributed by atoms with Crippen LogP contribution in [0.3, 0.4) is 0 Å². The monoisotopic (exact) mass is 154 g/mol. The van der Waals surface area contributed by atoms with Crippen molar-refractivity contribution in [1.29, 1.82) is 0 Å². The number of hydrogen-bond acceptors (Lipinski definition) is 2. The van der Waals surface area contributed by atoms with E-state index in [0.29, 0.717) is 0 Å². The molecule has 0 rings (SSSR count). The van der Waals surface area contributed by atoms with Crippen molar-refractivity contribution in [3.8, 4) is 0 Å². The van der Waals surface area contributed by atoms with Crippen molar-refractivity contribution in [2.75, 3.05) is 0 Å². The molecule has 0 saturated heterocycles. The van der Waals surface area contributed by atoms with Gasteiger partial charge in [0.1, 0.15) is 0 Å². The van der Waals surface area contributed by atoms with E-state index in [-0.39, 0.29) is 18.0 Å². The summed E-state index contributed by atoms with van der Waals surface area (Å²) < 4.78 is 0. The summed E-state index contributed by atoms with van der Waals surface area (Å²) in [7, 11) is 0. The van der Waals surface area contributed by atoms with Gasteiger partial charge in [0, 0.05) is 0 Å². The second-order valence-corrected chi connectivity index (χ2v) is 1.77. The molecule has 0 aromatic carbocycles. The van der Waals surface area contributed by atoms with Gasteiger partial charge in [-0.2, -0.15) is 0 Å². The van der Waals surface area contributed by atoms with Crippen LogP contribution < -0.4 is 0 Å². The van der Waals surface area contributed by atoms with Crippen LogP contribution in [0.15, 0.2) is 0 Å². The Morgan fingerprint density at radius 3 is 2.25 bits per heavy atom. The van der Waals surface area contributed by atoms with Gasteiger partial charge in [0.15, 0.2) is 0 Å². The first-order chi connectivity index (χ1) is 3.66. The SMILES string of the molecule is CC(=O)CC(=O)[CH]=[Fe]. The molecule has 0 radical (unpaired) electrons. The number of rotatable bonds is 3. The van der Waals surface area contributed by atoms with Gasteiger partial charge in [-0.1, -0.05) is 0 Å². The number of hydrogen-bond donors (Lipinski definition) is 0. The van der Waals surface area contributed by atoms with Crippen molar-refractivity contribution in [3.05, 3.63) is 0 Å². The van der Waals surface area contributed by atoms with E-state index in [9.17, 15) is 9.59 Å². The Bertz CT molecular complexity index is 128. The van der Waals surface area contributed by atoms with Crippen LogP contribution in [0.1, 0.15) is 13.3 Å². The van der Waals surface area contributed by atoms with Gasteiger partial charge in [-0.05, 0) is 0 Å². The van der Waals surface area contributed by atoms with E-state index in [1.54, 1.807) is 0 Å². The zero-order chi connectivity index (χ0) is 6.57. The Hall–Kier alpha value is -0.271. The van der Waals surface area contributed by atoms with Crippen LogP contribution in [0.4, 0.5) is 0 Å². The Morgan fingerprint density at radius 1 is 1.62 bits per heavy atom. The van der Waals surface area contributed by atoms with Crippen molar-refractivity contribution in [3.63, 3.8) is 0 Å². The van der Waals surface area contributed by atoms with E-state index < -0.39 is 0 Å². The molecule has 0 N–H and O–H groups in total. The summed E-state index contributed by atoms with van der Waals surface area (Å²) in [5.74, 6) is -0.326. The standard InChI is InChI=1S/C5H6O2.Fe/c1-4(6)3-5(2)7;/h1H,3H2,2H3;. The van der Waals surface area contributed by atoms with Crippen LogP contribution in [-0.4, -0.2) is 16.5 Å². The summed E-state index contributed by atoms with van der Waals surface area (Å²) in [6.45, 7) is 1.38. The number of ketones is 2. The van der Waals surface area contributed by atoms with E-state index in [0.717, 1.165) is 4.92 Å². The molecule has 0 aliphatic rings. The molecule has 8 heavy (non-hydrogen) atoms. The third-order valence-corrected chi connectivity index (χ3v) is 0.893. The zero-order valence-corrected chi connectivity index (χ0v) is 5.56. The van der Waals surface area contributed by atoms with Crippen LogP contribution in [0, 0.1) is 0 Å². The molecule has 46 valence electrons. The normalized spacial score (nSPS) is 8.25. The molecule has 0 aromatic heterocycles. The van der Waals surface area contributed by atoms with Crippen LogP contribution in [0.5, 0.6) is 0 Å². The van der Waals surface area contributed by atoms with Gasteiger partial charge in [0.2, 0.25) is 0 Å². The first-order valence-electron chi connectivity index (χ1n) is 2.11. The molecule has 2 nitrogen and oxygen atoms in total. The van der Waals surface area contributed by atoms with E-state index in [1.165, 1.54) is 6.92 Å². The predicted molar refractivity (Wildman–Crippen MR) is 26.4 cm³/mol. The fourth-order valence-corrected chi connectivity index (χ4v) is 0.394. The molecule has 0 spiro atoms. The molecule has 0 saturated carbocycles. The molecule has 0 aliphatic heterocycles. The molecule has 3 heteroatoms. The van der Waals surface area contributed by atoms with Gasteiger partial charge in [-0.25, -0.2) is 0 Å². The van der Waals surface area contributed by atoms with E-state index >= 15 is 0 Å². The van der Waals surface area contributed by atoms with E-state index in [1.807, 2.05) is 0 Å². The molecule has 0 heterocycles. The Balaban J connectivity index is 3.55. The van der Waals surface area contributed by atoms with Crippen molar-refractivity contribution in [2.45, 2.75) is 13.3 Å². The third kappa shape index (κ3) is 3.90. The second-order valence-electron chi connectivity index (χ2n) is 1.45. The second kappa shape index (κ2) is 3.70. The number of carbonyl (C=O) groups is 2. The Labute approximate surface area is 55.6 Å². The zero-order valence-electron chi connectivity index (χ0n) is 4.45. The molecule has 0 bridgehead atoms. The van der Waals surface area contributed by atoms with Crippen molar-refractivity contribution in [1.82, 2.24) is 0 Å². The summed E-state index contributed by atoms with van der Waals surface area (Å²) in [6.07, 6.45) is -0.0104. The van der Waals surface area contributed by atoms with Crippen molar-refractivity contribution >= 4 is 16.5 Å². The van der Waals surface area contributed by atoms with E-state index in [4.69, 9.17) is 0 Å². The molecule has 0 amide bonds. The molecule has 0 aliphatic carbocycles. The molecule has 0 fully saturated rings. The van der Waals surface area contributed by atoms with Gasteiger partial charge >= 0.3 is 55.0 Å². The van der Waals surface area contributed by atoms with Crippen LogP contribution in [0.2, 0.25) is 0 Å². The maximum atomic E-state index is 10.3. The molecule has 0 unspecified atom stereocenters. The minimum atomic E-state index is -0.211. The fraction of sp³-hybridized carbons (Fsp3) is 0.400. The first-order valence-corrected chi connectivity index (χ1v) is 2.75. The molecule has 0 aromatic rings. The van der Waals surface area contributed by atoms with Gasteiger partial charge in [-0.3, -0.25) is 0 Å². The topological polar surface area (TPSA) is 34.1 Å². The van der Waals surface area contributed by atoms with Gasteiger partial charge in [-0.15, -0.1) is 0 Å². The summed E-state index contributed by atoms with van der Waals surface area (Å²) in [6, 6.07) is 0. The summed E-state index contributed by atoms with van der Waals surface area (Å²) in [4.78, 5) is 21.6. The fourth-order valence-electron chi connectivity index (χ4n) is 0.281. The third-order valence-electron chi connectivity index (χ3n) is 0.537. The minimum absolute atomic E-state index is 0.0104. The molecular formula is C5H6FeO2. The van der Waals surface area contributed by atoms with Crippen LogP contribution in [-0.2, 0) is 25.2 Å².